The zero-order valence-corrected chi connectivity index (χ0v) is 28.8. The molecule has 0 fully saturated rings. The van der Waals surface area contributed by atoms with E-state index in [-0.39, 0.29) is 0 Å². The first-order valence-corrected chi connectivity index (χ1v) is 18.1. The van der Waals surface area contributed by atoms with Crippen LogP contribution >= 0.6 is 0 Å². The number of nitrogens with zero attached hydrogens (tertiary/aromatic N) is 2. The number of furan rings is 1. The smallest absolute Gasteiger partial charge is 0.137 e. The summed E-state index contributed by atoms with van der Waals surface area (Å²) in [7, 11) is 0. The van der Waals surface area contributed by atoms with Crippen LogP contribution in [0, 0.1) is 0 Å². The third-order valence-electron chi connectivity index (χ3n) is 10.7. The summed E-state index contributed by atoms with van der Waals surface area (Å²) in [6, 6.07) is 69.7. The molecule has 0 amide bonds. The highest BCUT2D eigenvalue weighted by Gasteiger charge is 2.21. The highest BCUT2D eigenvalue weighted by Crippen LogP contribution is 2.44. The molecule has 9 aromatic carbocycles. The minimum Gasteiger partial charge on any atom is -0.456 e. The second-order valence-corrected chi connectivity index (χ2v) is 13.7. The van der Waals surface area contributed by atoms with Crippen molar-refractivity contribution in [1.29, 1.82) is 0 Å². The average molecular weight is 677 g/mol. The minimum atomic E-state index is 0.870. The van der Waals surface area contributed by atoms with Crippen LogP contribution in [0.3, 0.4) is 0 Å². The molecule has 53 heavy (non-hydrogen) atoms. The summed E-state index contributed by atoms with van der Waals surface area (Å²) in [4.78, 5) is 2.34. The molecule has 0 saturated carbocycles. The van der Waals surface area contributed by atoms with E-state index >= 15 is 0 Å². The van der Waals surface area contributed by atoms with E-state index in [1.807, 2.05) is 0 Å². The average Bonchev–Trinajstić information content (AvgIpc) is 3.75. The van der Waals surface area contributed by atoms with Gasteiger partial charge in [0.15, 0.2) is 0 Å². The molecule has 2 aromatic heterocycles. The van der Waals surface area contributed by atoms with Crippen LogP contribution in [0.5, 0.6) is 0 Å². The lowest BCUT2D eigenvalue weighted by Crippen LogP contribution is -2.09. The predicted molar refractivity (Wildman–Crippen MR) is 223 cm³/mol. The van der Waals surface area contributed by atoms with Crippen molar-refractivity contribution >= 4 is 82.4 Å². The van der Waals surface area contributed by atoms with Crippen molar-refractivity contribution in [3.05, 3.63) is 194 Å². The molecule has 0 saturated heterocycles. The van der Waals surface area contributed by atoms with E-state index in [0.717, 1.165) is 50.2 Å². The second-order valence-electron chi connectivity index (χ2n) is 13.7. The molecule has 0 N–H and O–H groups in total. The second kappa shape index (κ2) is 11.7. The normalized spacial score (nSPS) is 11.8. The van der Waals surface area contributed by atoms with Gasteiger partial charge in [-0.15, -0.1) is 0 Å². The van der Waals surface area contributed by atoms with E-state index in [0.29, 0.717) is 0 Å². The Hall–Kier alpha value is -7.10. The zero-order chi connectivity index (χ0) is 34.9. The van der Waals surface area contributed by atoms with Crippen molar-refractivity contribution in [3.63, 3.8) is 0 Å². The van der Waals surface area contributed by atoms with Gasteiger partial charge in [-0.25, -0.2) is 0 Å². The summed E-state index contributed by atoms with van der Waals surface area (Å²) >= 11 is 0. The number of rotatable bonds is 5. The maximum absolute atomic E-state index is 6.57. The zero-order valence-electron chi connectivity index (χ0n) is 28.8. The fourth-order valence-corrected chi connectivity index (χ4v) is 8.32. The molecule has 248 valence electrons. The summed E-state index contributed by atoms with van der Waals surface area (Å²) < 4.78 is 9.01. The molecule has 11 rings (SSSR count). The van der Waals surface area contributed by atoms with Gasteiger partial charge in [0.1, 0.15) is 11.2 Å². The monoisotopic (exact) mass is 676 g/mol. The number of aromatic nitrogens is 1. The van der Waals surface area contributed by atoms with Gasteiger partial charge in [-0.3, -0.25) is 0 Å². The van der Waals surface area contributed by atoms with Crippen molar-refractivity contribution < 1.29 is 4.42 Å². The van der Waals surface area contributed by atoms with Gasteiger partial charge in [0.25, 0.3) is 0 Å². The van der Waals surface area contributed by atoms with Crippen molar-refractivity contribution in [2.24, 2.45) is 0 Å². The van der Waals surface area contributed by atoms with Gasteiger partial charge in [0.05, 0.1) is 16.7 Å². The van der Waals surface area contributed by atoms with Gasteiger partial charge >= 0.3 is 0 Å². The summed E-state index contributed by atoms with van der Waals surface area (Å²) in [5.41, 5.74) is 10.9. The van der Waals surface area contributed by atoms with Crippen LogP contribution in [-0.2, 0) is 0 Å². The maximum atomic E-state index is 6.57. The van der Waals surface area contributed by atoms with Crippen molar-refractivity contribution in [3.8, 4) is 16.8 Å². The Bertz CT molecular complexity index is 3170. The fourth-order valence-electron chi connectivity index (χ4n) is 8.32. The summed E-state index contributed by atoms with van der Waals surface area (Å²) in [5.74, 6) is 0. The summed E-state index contributed by atoms with van der Waals surface area (Å²) in [6.45, 7) is 0. The van der Waals surface area contributed by atoms with E-state index in [1.165, 1.54) is 49.0 Å². The number of para-hydroxylation sites is 2. The first-order chi connectivity index (χ1) is 26.3. The first kappa shape index (κ1) is 29.6. The third kappa shape index (κ3) is 4.68. The van der Waals surface area contributed by atoms with E-state index in [9.17, 15) is 0 Å². The molecule has 0 aliphatic rings. The molecular formula is C50H32N2O. The third-order valence-corrected chi connectivity index (χ3v) is 10.7. The largest absolute Gasteiger partial charge is 0.456 e. The SMILES string of the molecule is c1ccc(-c2ccccc2-n2c3ccc(N(c4ccccc4)c4ccc5c(c4)oc4cc6ccccc6cc45)cc3c3c4ccccc4ccc32)cc1. The molecule has 11 aromatic rings. The van der Waals surface area contributed by atoms with Crippen LogP contribution in [0.25, 0.3) is 82.1 Å². The molecule has 0 aliphatic carbocycles. The Kier molecular flexibility index (Phi) is 6.55. The number of benzene rings is 9. The minimum absolute atomic E-state index is 0.870. The molecule has 3 nitrogen and oxygen atoms in total. The molecule has 0 spiro atoms. The van der Waals surface area contributed by atoms with Crippen molar-refractivity contribution in [2.45, 2.75) is 0 Å². The van der Waals surface area contributed by atoms with E-state index in [1.54, 1.807) is 0 Å². The highest BCUT2D eigenvalue weighted by molar-refractivity contribution is 6.22. The van der Waals surface area contributed by atoms with Crippen LogP contribution in [0.1, 0.15) is 0 Å². The first-order valence-electron chi connectivity index (χ1n) is 18.1. The lowest BCUT2D eigenvalue weighted by molar-refractivity contribution is 0.669. The van der Waals surface area contributed by atoms with Crippen LogP contribution in [-0.4, -0.2) is 4.57 Å². The van der Waals surface area contributed by atoms with Crippen LogP contribution in [0.2, 0.25) is 0 Å². The van der Waals surface area contributed by atoms with Gasteiger partial charge < -0.3 is 13.9 Å². The highest BCUT2D eigenvalue weighted by atomic mass is 16.3. The van der Waals surface area contributed by atoms with Crippen LogP contribution in [0.15, 0.2) is 199 Å². The maximum Gasteiger partial charge on any atom is 0.137 e. The molecule has 0 radical (unpaired) electrons. The van der Waals surface area contributed by atoms with E-state index < -0.39 is 0 Å². The van der Waals surface area contributed by atoms with Gasteiger partial charge in [0.2, 0.25) is 0 Å². The standard InChI is InChI=1S/C50H32N2O/c1-3-13-33(14-4-1)40-20-11-12-22-45(40)52-46-28-25-38(31-44(46)50-41-21-10-9-15-34(41)23-27-47(50)52)51(37-18-5-2-6-19-37)39-24-26-42-43-29-35-16-7-8-17-36(35)30-48(43)53-49(42)32-39/h1-32H. The van der Waals surface area contributed by atoms with E-state index in [2.05, 4.69) is 204 Å². The molecule has 3 heteroatoms. The quantitative estimate of drug-likeness (QED) is 0.181. The molecular weight excluding hydrogens is 645 g/mol. The Labute approximate surface area is 306 Å². The topological polar surface area (TPSA) is 21.3 Å². The van der Waals surface area contributed by atoms with Gasteiger partial charge in [-0.1, -0.05) is 121 Å². The summed E-state index contributed by atoms with van der Waals surface area (Å²) in [5, 5.41) is 9.55. The van der Waals surface area contributed by atoms with Crippen LogP contribution < -0.4 is 4.90 Å². The molecule has 0 unspecified atom stereocenters. The Balaban J connectivity index is 1.16. The van der Waals surface area contributed by atoms with Crippen LogP contribution in [0.4, 0.5) is 17.1 Å². The lowest BCUT2D eigenvalue weighted by Gasteiger charge is -2.25. The Morgan fingerprint density at radius 3 is 1.87 bits per heavy atom. The number of hydrogen-bond donors (Lipinski definition) is 0. The summed E-state index contributed by atoms with van der Waals surface area (Å²) in [6.07, 6.45) is 0. The van der Waals surface area contributed by atoms with Crippen molar-refractivity contribution in [1.82, 2.24) is 4.57 Å². The number of hydrogen-bond acceptors (Lipinski definition) is 2. The van der Waals surface area contributed by atoms with Crippen molar-refractivity contribution in [2.75, 3.05) is 4.90 Å². The van der Waals surface area contributed by atoms with Gasteiger partial charge in [-0.05, 0) is 93.8 Å². The Morgan fingerprint density at radius 2 is 1.02 bits per heavy atom. The Morgan fingerprint density at radius 1 is 0.377 bits per heavy atom. The van der Waals surface area contributed by atoms with Gasteiger partial charge in [0, 0.05) is 50.2 Å². The number of anilines is 3. The predicted octanol–water partition coefficient (Wildman–Crippen LogP) is 14.1. The van der Waals surface area contributed by atoms with Gasteiger partial charge in [-0.2, -0.15) is 0 Å². The molecule has 0 aliphatic heterocycles. The van der Waals surface area contributed by atoms with E-state index in [4.69, 9.17) is 4.42 Å². The molecule has 0 bridgehead atoms. The fraction of sp³-hybridized carbons (Fsp3) is 0. The lowest BCUT2D eigenvalue weighted by atomic mass is 10.0. The molecule has 0 atom stereocenters. The number of fused-ring (bicyclic) bond motifs is 9. The molecule has 2 heterocycles.